The highest BCUT2D eigenvalue weighted by atomic mass is 16.5. The highest BCUT2D eigenvalue weighted by Crippen LogP contribution is 2.30. The molecule has 0 amide bonds. The van der Waals surface area contributed by atoms with Crippen LogP contribution in [0.15, 0.2) is 18.2 Å². The van der Waals surface area contributed by atoms with Gasteiger partial charge in [0.25, 0.3) is 0 Å². The van der Waals surface area contributed by atoms with E-state index in [9.17, 15) is 0 Å². The number of nitriles is 1. The largest absolute Gasteiger partial charge is 0.375 e. The van der Waals surface area contributed by atoms with Crippen molar-refractivity contribution in [2.45, 2.75) is 18.9 Å². The summed E-state index contributed by atoms with van der Waals surface area (Å²) in [5.74, 6) is 0. The van der Waals surface area contributed by atoms with Gasteiger partial charge in [-0.05, 0) is 18.1 Å². The molecular weight excluding hydrogens is 173 g/mol. The summed E-state index contributed by atoms with van der Waals surface area (Å²) in [5, 5.41) is 9.12. The van der Waals surface area contributed by atoms with Crippen LogP contribution in [-0.2, 0) is 16.8 Å². The Morgan fingerprint density at radius 2 is 2.36 bits per heavy atom. The first-order valence-electron chi connectivity index (χ1n) is 4.53. The first kappa shape index (κ1) is 9.30. The number of benzene rings is 1. The average molecular weight is 183 g/mol. The molecule has 0 N–H and O–H groups in total. The number of nitrogens with zero attached hydrogens (tertiary/aromatic N) is 1. The van der Waals surface area contributed by atoms with Gasteiger partial charge in [-0.1, -0.05) is 23.7 Å². The summed E-state index contributed by atoms with van der Waals surface area (Å²) in [7, 11) is 5.71. The van der Waals surface area contributed by atoms with E-state index in [-0.39, 0.29) is 0 Å². The van der Waals surface area contributed by atoms with Crippen molar-refractivity contribution >= 4 is 13.3 Å². The van der Waals surface area contributed by atoms with Crippen molar-refractivity contribution in [3.63, 3.8) is 0 Å². The second kappa shape index (κ2) is 3.15. The third kappa shape index (κ3) is 1.32. The molecule has 14 heavy (non-hydrogen) atoms. The molecule has 0 bridgehead atoms. The molecule has 2 radical (unpaired) electrons. The monoisotopic (exact) mass is 183 g/mol. The number of fused-ring (bicyclic) bond motifs is 1. The van der Waals surface area contributed by atoms with Crippen LogP contribution in [0, 0.1) is 11.3 Å². The summed E-state index contributed by atoms with van der Waals surface area (Å²) in [6, 6.07) is 7.93. The number of hydrogen-bond donors (Lipinski definition) is 0. The Bertz CT molecular complexity index is 410. The van der Waals surface area contributed by atoms with Crippen molar-refractivity contribution in [3.8, 4) is 6.07 Å². The number of ether oxygens (including phenoxy) is 1. The Morgan fingerprint density at radius 3 is 3.07 bits per heavy atom. The van der Waals surface area contributed by atoms with E-state index < -0.39 is 5.41 Å². The second-order valence-electron chi connectivity index (χ2n) is 3.85. The standard InChI is InChI=1S/C11H10BNO/c1-11(6-13)7-14-5-8-2-3-9(12)4-10(8)11/h2-4H,5,7H2,1H3. The van der Waals surface area contributed by atoms with E-state index in [0.717, 1.165) is 11.1 Å². The lowest BCUT2D eigenvalue weighted by Crippen LogP contribution is -2.33. The minimum Gasteiger partial charge on any atom is -0.375 e. The van der Waals surface area contributed by atoms with Crippen molar-refractivity contribution in [1.82, 2.24) is 0 Å². The molecule has 1 atom stereocenters. The van der Waals surface area contributed by atoms with Gasteiger partial charge >= 0.3 is 0 Å². The zero-order valence-electron chi connectivity index (χ0n) is 8.08. The van der Waals surface area contributed by atoms with Crippen molar-refractivity contribution < 1.29 is 4.74 Å². The topological polar surface area (TPSA) is 33.0 Å². The summed E-state index contributed by atoms with van der Waals surface area (Å²) in [6.07, 6.45) is 0. The van der Waals surface area contributed by atoms with Crippen LogP contribution >= 0.6 is 0 Å². The summed E-state index contributed by atoms with van der Waals surface area (Å²) in [6.45, 7) is 2.90. The van der Waals surface area contributed by atoms with Crippen LogP contribution in [0.4, 0.5) is 0 Å². The maximum Gasteiger partial charge on any atom is 0.113 e. The van der Waals surface area contributed by atoms with Gasteiger partial charge in [0.05, 0.1) is 19.3 Å². The Morgan fingerprint density at radius 1 is 1.57 bits per heavy atom. The van der Waals surface area contributed by atoms with E-state index in [2.05, 4.69) is 6.07 Å². The molecular formula is C11H10BNO. The summed E-state index contributed by atoms with van der Waals surface area (Å²) >= 11 is 0. The van der Waals surface area contributed by atoms with Gasteiger partial charge in [-0.2, -0.15) is 5.26 Å². The van der Waals surface area contributed by atoms with E-state index in [1.807, 2.05) is 25.1 Å². The van der Waals surface area contributed by atoms with Crippen LogP contribution in [-0.4, -0.2) is 14.5 Å². The normalized spacial score (nSPS) is 25.1. The molecule has 1 heterocycles. The highest BCUT2D eigenvalue weighted by molar-refractivity contribution is 6.32. The minimum absolute atomic E-state index is 0.444. The molecule has 2 rings (SSSR count). The predicted octanol–water partition coefficient (Wildman–Crippen LogP) is 0.792. The fourth-order valence-electron chi connectivity index (χ4n) is 1.77. The molecule has 0 saturated carbocycles. The number of hydrogen-bond acceptors (Lipinski definition) is 2. The SMILES string of the molecule is [B]c1ccc2c(c1)C(C)(C#N)COC2. The maximum atomic E-state index is 9.12. The van der Waals surface area contributed by atoms with Gasteiger partial charge in [0.2, 0.25) is 0 Å². The lowest BCUT2D eigenvalue weighted by Gasteiger charge is -2.30. The fraction of sp³-hybridized carbons (Fsp3) is 0.364. The Labute approximate surface area is 84.9 Å². The predicted molar refractivity (Wildman–Crippen MR) is 54.5 cm³/mol. The van der Waals surface area contributed by atoms with Gasteiger partial charge in [-0.15, -0.1) is 0 Å². The van der Waals surface area contributed by atoms with E-state index in [1.165, 1.54) is 0 Å². The second-order valence-corrected chi connectivity index (χ2v) is 3.85. The quantitative estimate of drug-likeness (QED) is 0.557. The van der Waals surface area contributed by atoms with E-state index >= 15 is 0 Å². The van der Waals surface area contributed by atoms with Crippen LogP contribution in [0.2, 0.25) is 0 Å². The molecule has 1 aliphatic heterocycles. The molecule has 1 aromatic carbocycles. The molecule has 0 aromatic heterocycles. The lowest BCUT2D eigenvalue weighted by atomic mass is 9.78. The minimum atomic E-state index is -0.553. The molecule has 1 aliphatic rings. The van der Waals surface area contributed by atoms with Crippen molar-refractivity contribution in [2.75, 3.05) is 6.61 Å². The van der Waals surface area contributed by atoms with Crippen LogP contribution in [0.25, 0.3) is 0 Å². The van der Waals surface area contributed by atoms with Crippen molar-refractivity contribution in [1.29, 1.82) is 5.26 Å². The zero-order chi connectivity index (χ0) is 10.2. The van der Waals surface area contributed by atoms with E-state index in [0.29, 0.717) is 18.7 Å². The Hall–Kier alpha value is -1.27. The Balaban J connectivity index is 2.59. The zero-order valence-corrected chi connectivity index (χ0v) is 8.08. The average Bonchev–Trinajstić information content (AvgIpc) is 2.20. The molecule has 0 aliphatic carbocycles. The van der Waals surface area contributed by atoms with Gasteiger partial charge in [0, 0.05) is 0 Å². The van der Waals surface area contributed by atoms with Crippen molar-refractivity contribution in [2.24, 2.45) is 0 Å². The maximum absolute atomic E-state index is 9.12. The molecule has 0 spiro atoms. The summed E-state index contributed by atoms with van der Waals surface area (Å²) in [4.78, 5) is 0. The van der Waals surface area contributed by atoms with Crippen LogP contribution in [0.1, 0.15) is 18.1 Å². The van der Waals surface area contributed by atoms with Gasteiger partial charge in [-0.3, -0.25) is 0 Å². The smallest absolute Gasteiger partial charge is 0.113 e. The van der Waals surface area contributed by atoms with Gasteiger partial charge < -0.3 is 4.74 Å². The van der Waals surface area contributed by atoms with E-state index in [1.54, 1.807) is 0 Å². The van der Waals surface area contributed by atoms with Gasteiger partial charge in [0.1, 0.15) is 13.3 Å². The molecule has 68 valence electrons. The molecule has 0 saturated heterocycles. The first-order valence-corrected chi connectivity index (χ1v) is 4.53. The molecule has 3 heteroatoms. The van der Waals surface area contributed by atoms with Crippen LogP contribution in [0.5, 0.6) is 0 Å². The van der Waals surface area contributed by atoms with Crippen molar-refractivity contribution in [3.05, 3.63) is 29.3 Å². The molecule has 1 aromatic rings. The van der Waals surface area contributed by atoms with Gasteiger partial charge in [-0.25, -0.2) is 0 Å². The fourth-order valence-corrected chi connectivity index (χ4v) is 1.77. The Kier molecular flexibility index (Phi) is 2.09. The first-order chi connectivity index (χ1) is 6.65. The van der Waals surface area contributed by atoms with Gasteiger partial charge in [0.15, 0.2) is 0 Å². The molecule has 1 unspecified atom stereocenters. The third-order valence-electron chi connectivity index (χ3n) is 2.62. The molecule has 2 nitrogen and oxygen atoms in total. The lowest BCUT2D eigenvalue weighted by molar-refractivity contribution is 0.0760. The molecule has 0 fully saturated rings. The number of rotatable bonds is 0. The third-order valence-corrected chi connectivity index (χ3v) is 2.62. The van der Waals surface area contributed by atoms with E-state index in [4.69, 9.17) is 17.8 Å². The van der Waals surface area contributed by atoms with Crippen LogP contribution in [0.3, 0.4) is 0 Å². The highest BCUT2D eigenvalue weighted by Gasteiger charge is 2.32. The van der Waals surface area contributed by atoms with Crippen LogP contribution < -0.4 is 5.46 Å². The summed E-state index contributed by atoms with van der Waals surface area (Å²) in [5.41, 5.74) is 2.22. The summed E-state index contributed by atoms with van der Waals surface area (Å²) < 4.78 is 5.38.